The van der Waals surface area contributed by atoms with Gasteiger partial charge in [0.2, 0.25) is 5.91 Å². The third-order valence-corrected chi connectivity index (χ3v) is 2.73. The van der Waals surface area contributed by atoms with Gasteiger partial charge in [-0.1, -0.05) is 12.8 Å². The van der Waals surface area contributed by atoms with Gasteiger partial charge in [-0.3, -0.25) is 4.79 Å². The van der Waals surface area contributed by atoms with Gasteiger partial charge in [0.1, 0.15) is 0 Å². The molecule has 0 saturated heterocycles. The van der Waals surface area contributed by atoms with Gasteiger partial charge in [-0.05, 0) is 12.8 Å². The van der Waals surface area contributed by atoms with Gasteiger partial charge in [0, 0.05) is 18.5 Å². The van der Waals surface area contributed by atoms with Crippen LogP contribution in [0.1, 0.15) is 32.1 Å². The molecule has 0 bridgehead atoms. The molecule has 0 atom stereocenters. The summed E-state index contributed by atoms with van der Waals surface area (Å²) in [7, 11) is 0. The minimum Gasteiger partial charge on any atom is -0.394 e. The van der Waals surface area contributed by atoms with Crippen LogP contribution in [0.25, 0.3) is 0 Å². The second kappa shape index (κ2) is 4.58. The van der Waals surface area contributed by atoms with Gasteiger partial charge >= 0.3 is 0 Å². The predicted molar refractivity (Wildman–Crippen MR) is 50.1 cm³/mol. The highest BCUT2D eigenvalue weighted by molar-refractivity contribution is 5.73. The molecule has 1 rings (SSSR count). The molecule has 0 aromatic heterocycles. The zero-order chi connectivity index (χ0) is 9.73. The van der Waals surface area contributed by atoms with Crippen molar-refractivity contribution < 1.29 is 9.90 Å². The van der Waals surface area contributed by atoms with E-state index < -0.39 is 0 Å². The molecule has 1 saturated carbocycles. The number of nitrogens with two attached hydrogens (primary N) is 1. The summed E-state index contributed by atoms with van der Waals surface area (Å²) in [6.45, 7) is 0.738. The fraction of sp³-hybridized carbons (Fsp3) is 0.889. The Balaban J connectivity index is 2.27. The fourth-order valence-corrected chi connectivity index (χ4v) is 1.89. The van der Waals surface area contributed by atoms with Crippen LogP contribution in [-0.4, -0.2) is 29.7 Å². The Morgan fingerprint density at radius 1 is 1.46 bits per heavy atom. The van der Waals surface area contributed by atoms with E-state index >= 15 is 0 Å². The Morgan fingerprint density at radius 2 is 2.08 bits per heavy atom. The molecule has 0 spiro atoms. The number of aliphatic hydroxyl groups excluding tert-OH is 1. The topological polar surface area (TPSA) is 75.4 Å². The number of rotatable bonds is 5. The number of carbonyl (C=O) groups is 1. The first-order chi connectivity index (χ1) is 6.18. The number of primary amides is 1. The quantitative estimate of drug-likeness (QED) is 0.554. The number of hydrogen-bond acceptors (Lipinski definition) is 3. The standard InChI is InChI=1S/C9H18N2O2/c10-8(13)3-6-11-9(7-12)4-1-2-5-9/h11-12H,1-7H2,(H2,10,13). The molecule has 1 aliphatic carbocycles. The lowest BCUT2D eigenvalue weighted by atomic mass is 9.99. The van der Waals surface area contributed by atoms with E-state index in [1.807, 2.05) is 0 Å². The maximum atomic E-state index is 10.5. The summed E-state index contributed by atoms with van der Waals surface area (Å²) in [6, 6.07) is 0. The van der Waals surface area contributed by atoms with Gasteiger partial charge in [0.05, 0.1) is 6.61 Å². The Kier molecular flexibility index (Phi) is 3.69. The third kappa shape index (κ3) is 2.97. The molecular formula is C9H18N2O2. The van der Waals surface area contributed by atoms with Crippen LogP contribution in [0.15, 0.2) is 0 Å². The monoisotopic (exact) mass is 186 g/mol. The zero-order valence-electron chi connectivity index (χ0n) is 7.88. The molecule has 0 unspecified atom stereocenters. The lowest BCUT2D eigenvalue weighted by Gasteiger charge is -2.27. The summed E-state index contributed by atoms with van der Waals surface area (Å²) >= 11 is 0. The highest BCUT2D eigenvalue weighted by Gasteiger charge is 2.32. The van der Waals surface area contributed by atoms with E-state index in [-0.39, 0.29) is 18.1 Å². The lowest BCUT2D eigenvalue weighted by molar-refractivity contribution is -0.118. The number of nitrogens with one attached hydrogen (secondary N) is 1. The van der Waals surface area contributed by atoms with Crippen molar-refractivity contribution in [3.63, 3.8) is 0 Å². The summed E-state index contributed by atoms with van der Waals surface area (Å²) in [5, 5.41) is 12.4. The highest BCUT2D eigenvalue weighted by Crippen LogP contribution is 2.28. The van der Waals surface area contributed by atoms with Crippen LogP contribution >= 0.6 is 0 Å². The van der Waals surface area contributed by atoms with Gasteiger partial charge in [0.25, 0.3) is 0 Å². The molecule has 4 heteroatoms. The van der Waals surface area contributed by atoms with Crippen molar-refractivity contribution >= 4 is 5.91 Å². The zero-order valence-corrected chi connectivity index (χ0v) is 7.88. The Morgan fingerprint density at radius 3 is 2.54 bits per heavy atom. The lowest BCUT2D eigenvalue weighted by Crippen LogP contribution is -2.47. The first kappa shape index (κ1) is 10.5. The second-order valence-electron chi connectivity index (χ2n) is 3.79. The van der Waals surface area contributed by atoms with Crippen LogP contribution in [0.2, 0.25) is 0 Å². The second-order valence-corrected chi connectivity index (χ2v) is 3.79. The summed E-state index contributed by atoms with van der Waals surface area (Å²) < 4.78 is 0. The number of carbonyl (C=O) groups excluding carboxylic acids is 1. The van der Waals surface area contributed by atoms with E-state index in [4.69, 9.17) is 5.73 Å². The molecule has 0 radical (unpaired) electrons. The van der Waals surface area contributed by atoms with E-state index in [0.29, 0.717) is 13.0 Å². The van der Waals surface area contributed by atoms with Crippen molar-refractivity contribution in [2.24, 2.45) is 5.73 Å². The van der Waals surface area contributed by atoms with Crippen molar-refractivity contribution in [1.82, 2.24) is 5.32 Å². The molecule has 1 amide bonds. The highest BCUT2D eigenvalue weighted by atomic mass is 16.3. The van der Waals surface area contributed by atoms with Gasteiger partial charge in [-0.2, -0.15) is 0 Å². The van der Waals surface area contributed by atoms with Crippen molar-refractivity contribution in [2.75, 3.05) is 13.2 Å². The van der Waals surface area contributed by atoms with Gasteiger partial charge in [-0.25, -0.2) is 0 Å². The van der Waals surface area contributed by atoms with Crippen LogP contribution in [-0.2, 0) is 4.79 Å². The fourth-order valence-electron chi connectivity index (χ4n) is 1.89. The molecule has 0 aromatic carbocycles. The van der Waals surface area contributed by atoms with Crippen LogP contribution in [0.4, 0.5) is 0 Å². The van der Waals surface area contributed by atoms with E-state index in [1.165, 1.54) is 0 Å². The number of hydrogen-bond donors (Lipinski definition) is 3. The Hall–Kier alpha value is -0.610. The van der Waals surface area contributed by atoms with Gasteiger partial charge in [0.15, 0.2) is 0 Å². The predicted octanol–water partition coefficient (Wildman–Crippen LogP) is -0.244. The minimum atomic E-state index is -0.293. The van der Waals surface area contributed by atoms with Crippen LogP contribution in [0.5, 0.6) is 0 Å². The first-order valence-electron chi connectivity index (χ1n) is 4.83. The Labute approximate surface area is 78.5 Å². The smallest absolute Gasteiger partial charge is 0.218 e. The van der Waals surface area contributed by atoms with Crippen LogP contribution in [0, 0.1) is 0 Å². The van der Waals surface area contributed by atoms with Gasteiger partial charge in [-0.15, -0.1) is 0 Å². The average Bonchev–Trinajstić information content (AvgIpc) is 2.53. The van der Waals surface area contributed by atoms with Crippen LogP contribution in [0.3, 0.4) is 0 Å². The molecule has 0 aliphatic heterocycles. The average molecular weight is 186 g/mol. The molecule has 1 fully saturated rings. The van der Waals surface area contributed by atoms with Crippen molar-refractivity contribution in [1.29, 1.82) is 0 Å². The normalized spacial score (nSPS) is 20.4. The van der Waals surface area contributed by atoms with Crippen molar-refractivity contribution in [3.8, 4) is 0 Å². The molecule has 4 N–H and O–H groups in total. The molecule has 13 heavy (non-hydrogen) atoms. The first-order valence-corrected chi connectivity index (χ1v) is 4.83. The Bertz CT molecular complexity index is 176. The summed E-state index contributed by atoms with van der Waals surface area (Å²) in [6.07, 6.45) is 4.67. The maximum absolute atomic E-state index is 10.5. The molecule has 1 aliphatic rings. The molecule has 0 aromatic rings. The number of amides is 1. The van der Waals surface area contributed by atoms with E-state index in [9.17, 15) is 9.90 Å². The number of aliphatic hydroxyl groups is 1. The summed E-state index contributed by atoms with van der Waals surface area (Å²) in [5.74, 6) is -0.293. The minimum absolute atomic E-state index is 0.130. The summed E-state index contributed by atoms with van der Waals surface area (Å²) in [5.41, 5.74) is 4.89. The van der Waals surface area contributed by atoms with Crippen molar-refractivity contribution in [2.45, 2.75) is 37.6 Å². The molecule has 4 nitrogen and oxygen atoms in total. The van der Waals surface area contributed by atoms with E-state index in [1.54, 1.807) is 0 Å². The van der Waals surface area contributed by atoms with E-state index in [2.05, 4.69) is 5.32 Å². The molecule has 0 heterocycles. The maximum Gasteiger partial charge on any atom is 0.218 e. The van der Waals surface area contributed by atoms with E-state index in [0.717, 1.165) is 25.7 Å². The summed E-state index contributed by atoms with van der Waals surface area (Å²) in [4.78, 5) is 10.5. The molecule has 76 valence electrons. The largest absolute Gasteiger partial charge is 0.394 e. The van der Waals surface area contributed by atoms with Crippen LogP contribution < -0.4 is 11.1 Å². The molecular weight excluding hydrogens is 168 g/mol. The SMILES string of the molecule is NC(=O)CCNC1(CO)CCCC1. The third-order valence-electron chi connectivity index (χ3n) is 2.73. The van der Waals surface area contributed by atoms with Crippen molar-refractivity contribution in [3.05, 3.63) is 0 Å². The van der Waals surface area contributed by atoms with Gasteiger partial charge < -0.3 is 16.2 Å².